The van der Waals surface area contributed by atoms with Gasteiger partial charge in [0.1, 0.15) is 5.82 Å². The summed E-state index contributed by atoms with van der Waals surface area (Å²) in [5.74, 6) is 1.22. The van der Waals surface area contributed by atoms with Crippen LogP contribution in [-0.2, 0) is 18.2 Å². The van der Waals surface area contributed by atoms with Crippen LogP contribution in [0.3, 0.4) is 0 Å². The zero-order valence-corrected chi connectivity index (χ0v) is 12.5. The van der Waals surface area contributed by atoms with Crippen molar-refractivity contribution in [2.75, 3.05) is 24.7 Å². The van der Waals surface area contributed by atoms with Gasteiger partial charge in [0.05, 0.1) is 24.9 Å². The number of nitrogens with two attached hydrogens (primary N) is 1. The Kier molecular flexibility index (Phi) is 4.47. The second kappa shape index (κ2) is 5.92. The highest BCUT2D eigenvalue weighted by molar-refractivity contribution is 5.51. The van der Waals surface area contributed by atoms with Crippen LogP contribution in [0.15, 0.2) is 0 Å². The minimum absolute atomic E-state index is 0.206. The Morgan fingerprint density at radius 3 is 2.89 bits per heavy atom. The Morgan fingerprint density at radius 1 is 1.53 bits per heavy atom. The van der Waals surface area contributed by atoms with Gasteiger partial charge in [-0.05, 0) is 26.7 Å². The van der Waals surface area contributed by atoms with E-state index in [2.05, 4.69) is 30.8 Å². The summed E-state index contributed by atoms with van der Waals surface area (Å²) in [6, 6.07) is 0.596. The highest BCUT2D eigenvalue weighted by Gasteiger charge is 2.26. The first kappa shape index (κ1) is 14.3. The Morgan fingerprint density at radius 2 is 2.26 bits per heavy atom. The number of aromatic nitrogens is 2. The smallest absolute Gasteiger partial charge is 0.130 e. The zero-order chi connectivity index (χ0) is 14.0. The Hall–Kier alpha value is -1.07. The predicted octanol–water partition coefficient (Wildman–Crippen LogP) is 1.23. The lowest BCUT2D eigenvalue weighted by Gasteiger charge is -2.35. The summed E-state index contributed by atoms with van der Waals surface area (Å²) in [5.41, 5.74) is 8.53. The average molecular weight is 266 g/mol. The molecule has 2 rings (SSSR count). The van der Waals surface area contributed by atoms with Crippen molar-refractivity contribution >= 4 is 5.82 Å². The molecule has 1 aromatic heterocycles. The summed E-state index contributed by atoms with van der Waals surface area (Å²) in [6.45, 7) is 8.90. The van der Waals surface area contributed by atoms with Crippen molar-refractivity contribution in [1.82, 2.24) is 9.78 Å². The van der Waals surface area contributed by atoms with Crippen LogP contribution in [0.1, 0.15) is 31.5 Å². The minimum Gasteiger partial charge on any atom is -0.377 e. The first-order valence-corrected chi connectivity index (χ1v) is 7.17. The first-order valence-electron chi connectivity index (χ1n) is 7.17. The molecular formula is C14H26N4O. The van der Waals surface area contributed by atoms with Gasteiger partial charge < -0.3 is 15.4 Å². The van der Waals surface area contributed by atoms with E-state index in [0.717, 1.165) is 38.3 Å². The van der Waals surface area contributed by atoms with Crippen LogP contribution in [0.25, 0.3) is 0 Å². The van der Waals surface area contributed by atoms with Gasteiger partial charge in [-0.1, -0.05) is 6.92 Å². The lowest BCUT2D eigenvalue weighted by molar-refractivity contribution is 0.0980. The molecule has 5 heteroatoms. The van der Waals surface area contributed by atoms with Gasteiger partial charge in [-0.2, -0.15) is 5.10 Å². The molecule has 1 fully saturated rings. The van der Waals surface area contributed by atoms with Crippen molar-refractivity contribution in [2.24, 2.45) is 12.8 Å². The Labute approximate surface area is 115 Å². The van der Waals surface area contributed by atoms with Gasteiger partial charge in [0.2, 0.25) is 0 Å². The van der Waals surface area contributed by atoms with Gasteiger partial charge in [0, 0.05) is 25.2 Å². The average Bonchev–Trinajstić information content (AvgIpc) is 2.65. The monoisotopic (exact) mass is 266 g/mol. The van der Waals surface area contributed by atoms with Gasteiger partial charge in [-0.15, -0.1) is 0 Å². The normalized spacial score (nSPS) is 21.7. The van der Waals surface area contributed by atoms with E-state index in [0.29, 0.717) is 6.04 Å². The number of hydrogen-bond acceptors (Lipinski definition) is 4. The second-order valence-corrected chi connectivity index (χ2v) is 5.50. The van der Waals surface area contributed by atoms with E-state index in [-0.39, 0.29) is 6.04 Å². The van der Waals surface area contributed by atoms with Crippen LogP contribution in [-0.4, -0.2) is 41.6 Å². The lowest BCUT2D eigenvalue weighted by atomic mass is 10.0. The van der Waals surface area contributed by atoms with E-state index in [1.807, 2.05) is 11.7 Å². The predicted molar refractivity (Wildman–Crippen MR) is 77.5 cm³/mol. The first-order chi connectivity index (χ1) is 9.04. The summed E-state index contributed by atoms with van der Waals surface area (Å²) in [7, 11) is 2.02. The molecule has 5 nitrogen and oxygen atoms in total. The maximum absolute atomic E-state index is 6.14. The number of hydrogen-bond donors (Lipinski definition) is 1. The van der Waals surface area contributed by atoms with Crippen molar-refractivity contribution in [3.63, 3.8) is 0 Å². The molecule has 1 aromatic rings. The summed E-state index contributed by atoms with van der Waals surface area (Å²) in [5, 5.41) is 4.59. The Bertz CT molecular complexity index is 429. The molecule has 0 amide bonds. The molecule has 1 aliphatic rings. The number of nitrogens with zero attached hydrogens (tertiary/aromatic N) is 3. The van der Waals surface area contributed by atoms with E-state index in [9.17, 15) is 0 Å². The van der Waals surface area contributed by atoms with Gasteiger partial charge in [-0.25, -0.2) is 0 Å². The number of morpholine rings is 1. The topological polar surface area (TPSA) is 56.3 Å². The van der Waals surface area contributed by atoms with Crippen LogP contribution in [0.4, 0.5) is 5.82 Å². The minimum atomic E-state index is 0.206. The maximum Gasteiger partial charge on any atom is 0.130 e. The zero-order valence-electron chi connectivity index (χ0n) is 12.5. The highest BCUT2D eigenvalue weighted by atomic mass is 16.5. The van der Waals surface area contributed by atoms with E-state index >= 15 is 0 Å². The standard InChI is InChI=1S/C14H26N4O/c1-5-12(15)8-13-11(3)16-17(4)14(13)18-6-7-19-9-10(18)2/h10,12H,5-9,15H2,1-4H3. The van der Waals surface area contributed by atoms with Crippen molar-refractivity contribution in [2.45, 2.75) is 45.7 Å². The summed E-state index contributed by atoms with van der Waals surface area (Å²) < 4.78 is 7.52. The largest absolute Gasteiger partial charge is 0.377 e. The number of anilines is 1. The van der Waals surface area contributed by atoms with Gasteiger partial charge in [0.25, 0.3) is 0 Å². The highest BCUT2D eigenvalue weighted by Crippen LogP contribution is 2.27. The molecule has 19 heavy (non-hydrogen) atoms. The molecule has 0 aliphatic carbocycles. The van der Waals surface area contributed by atoms with Gasteiger partial charge >= 0.3 is 0 Å². The molecule has 2 heterocycles. The molecule has 0 aromatic carbocycles. The fourth-order valence-corrected chi connectivity index (χ4v) is 2.74. The van der Waals surface area contributed by atoms with E-state index in [1.165, 1.54) is 11.4 Å². The third kappa shape index (κ3) is 2.92. The number of ether oxygens (including phenoxy) is 1. The quantitative estimate of drug-likeness (QED) is 0.890. The molecule has 0 bridgehead atoms. The van der Waals surface area contributed by atoms with Crippen LogP contribution in [0.2, 0.25) is 0 Å². The summed E-state index contributed by atoms with van der Waals surface area (Å²) in [4.78, 5) is 2.40. The fourth-order valence-electron chi connectivity index (χ4n) is 2.74. The third-order valence-electron chi connectivity index (χ3n) is 3.94. The molecule has 2 unspecified atom stereocenters. The lowest BCUT2D eigenvalue weighted by Crippen LogP contribution is -2.45. The SMILES string of the molecule is CCC(N)Cc1c(C)nn(C)c1N1CCOCC1C. The van der Waals surface area contributed by atoms with Crippen molar-refractivity contribution in [3.8, 4) is 0 Å². The molecule has 2 N–H and O–H groups in total. The molecule has 0 spiro atoms. The van der Waals surface area contributed by atoms with Crippen LogP contribution in [0.5, 0.6) is 0 Å². The van der Waals surface area contributed by atoms with E-state index in [4.69, 9.17) is 10.5 Å². The number of rotatable bonds is 4. The van der Waals surface area contributed by atoms with E-state index < -0.39 is 0 Å². The molecule has 1 aliphatic heterocycles. The molecule has 0 saturated carbocycles. The fraction of sp³-hybridized carbons (Fsp3) is 0.786. The molecule has 0 radical (unpaired) electrons. The second-order valence-electron chi connectivity index (χ2n) is 5.50. The summed E-state index contributed by atoms with van der Waals surface area (Å²) in [6.07, 6.45) is 1.89. The van der Waals surface area contributed by atoms with Gasteiger partial charge in [0.15, 0.2) is 0 Å². The van der Waals surface area contributed by atoms with E-state index in [1.54, 1.807) is 0 Å². The van der Waals surface area contributed by atoms with Crippen LogP contribution < -0.4 is 10.6 Å². The molecule has 2 atom stereocenters. The Balaban J connectivity index is 2.32. The molecular weight excluding hydrogens is 240 g/mol. The molecule has 108 valence electrons. The molecule has 1 saturated heterocycles. The van der Waals surface area contributed by atoms with Crippen molar-refractivity contribution in [1.29, 1.82) is 0 Å². The summed E-state index contributed by atoms with van der Waals surface area (Å²) >= 11 is 0. The van der Waals surface area contributed by atoms with Crippen LogP contribution in [0, 0.1) is 6.92 Å². The van der Waals surface area contributed by atoms with Crippen LogP contribution >= 0.6 is 0 Å². The van der Waals surface area contributed by atoms with Crippen molar-refractivity contribution < 1.29 is 4.74 Å². The number of aryl methyl sites for hydroxylation is 2. The third-order valence-corrected chi connectivity index (χ3v) is 3.94. The van der Waals surface area contributed by atoms with Crippen molar-refractivity contribution in [3.05, 3.63) is 11.3 Å². The maximum atomic E-state index is 6.14. The van der Waals surface area contributed by atoms with Gasteiger partial charge in [-0.3, -0.25) is 4.68 Å².